The summed E-state index contributed by atoms with van der Waals surface area (Å²) in [6, 6.07) is 0.683. The summed E-state index contributed by atoms with van der Waals surface area (Å²) in [6.07, 6.45) is 1.70. The van der Waals surface area contributed by atoms with Gasteiger partial charge < -0.3 is 0 Å². The quantitative estimate of drug-likeness (QED) is 0.633. The van der Waals surface area contributed by atoms with Gasteiger partial charge in [0.05, 0.1) is 6.20 Å². The molecule has 0 saturated heterocycles. The van der Waals surface area contributed by atoms with Gasteiger partial charge in [-0.1, -0.05) is 0 Å². The summed E-state index contributed by atoms with van der Waals surface area (Å²) < 4.78 is 41.3. The summed E-state index contributed by atoms with van der Waals surface area (Å²) in [5.74, 6) is -0.805. The summed E-state index contributed by atoms with van der Waals surface area (Å²) in [5.41, 5.74) is 0. The molecule has 0 atom stereocenters. The van der Waals surface area contributed by atoms with Crippen molar-refractivity contribution in [3.63, 3.8) is 0 Å². The Morgan fingerprint density at radius 2 is 2.09 bits per heavy atom. The van der Waals surface area contributed by atoms with E-state index in [4.69, 9.17) is 4.55 Å². The third-order valence-corrected chi connectivity index (χ3v) is 1.80. The molecule has 0 amide bonds. The van der Waals surface area contributed by atoms with Crippen molar-refractivity contribution < 1.29 is 17.4 Å². The summed E-state index contributed by atoms with van der Waals surface area (Å²) >= 11 is 0. The normalized spacial score (nSPS) is 11.5. The van der Waals surface area contributed by atoms with Crippen LogP contribution in [0.2, 0.25) is 0 Å². The first-order valence-electron chi connectivity index (χ1n) is 2.58. The Morgan fingerprint density at radius 3 is 2.45 bits per heavy atom. The van der Waals surface area contributed by atoms with E-state index in [0.29, 0.717) is 6.07 Å². The minimum absolute atomic E-state index is 0.544. The first-order chi connectivity index (χ1) is 5.00. The van der Waals surface area contributed by atoms with Gasteiger partial charge in [-0.2, -0.15) is 8.42 Å². The van der Waals surface area contributed by atoms with E-state index in [1.54, 1.807) is 0 Å². The molecule has 1 N–H and O–H groups in total. The number of pyridine rings is 1. The highest BCUT2D eigenvalue weighted by Gasteiger charge is 2.09. The summed E-state index contributed by atoms with van der Waals surface area (Å²) in [6.45, 7) is 0. The second kappa shape index (κ2) is 2.55. The molecule has 0 unspecified atom stereocenters. The number of hydrogen-bond donors (Lipinski definition) is 1. The molecule has 1 aromatic rings. The van der Waals surface area contributed by atoms with E-state index < -0.39 is 20.8 Å². The van der Waals surface area contributed by atoms with Crippen LogP contribution in [0.4, 0.5) is 4.39 Å². The van der Waals surface area contributed by atoms with E-state index in [9.17, 15) is 12.8 Å². The fraction of sp³-hybridized carbons (Fsp3) is 0. The minimum atomic E-state index is -4.33. The molecular weight excluding hydrogens is 173 g/mol. The molecule has 1 heterocycles. The Bertz CT molecular complexity index is 362. The topological polar surface area (TPSA) is 67.3 Å². The average molecular weight is 177 g/mol. The monoisotopic (exact) mass is 177 g/mol. The third-order valence-electron chi connectivity index (χ3n) is 0.978. The van der Waals surface area contributed by atoms with E-state index >= 15 is 0 Å². The molecule has 60 valence electrons. The van der Waals surface area contributed by atoms with Crippen LogP contribution in [0.25, 0.3) is 0 Å². The average Bonchev–Trinajstić information content (AvgIpc) is 1.86. The molecule has 6 heteroatoms. The molecule has 0 aliphatic rings. The lowest BCUT2D eigenvalue weighted by Gasteiger charge is -1.93. The van der Waals surface area contributed by atoms with E-state index in [0.717, 1.165) is 12.4 Å². The van der Waals surface area contributed by atoms with E-state index in [-0.39, 0.29) is 0 Å². The predicted octanol–water partition coefficient (Wildman–Crippen LogP) is 0.467. The van der Waals surface area contributed by atoms with E-state index in [2.05, 4.69) is 4.98 Å². The Kier molecular flexibility index (Phi) is 1.88. The van der Waals surface area contributed by atoms with Crippen LogP contribution < -0.4 is 0 Å². The van der Waals surface area contributed by atoms with Gasteiger partial charge in [-0.25, -0.2) is 4.39 Å². The first kappa shape index (κ1) is 8.09. The summed E-state index contributed by atoms with van der Waals surface area (Å²) in [5, 5.41) is 0. The van der Waals surface area contributed by atoms with Crippen molar-refractivity contribution >= 4 is 10.1 Å². The van der Waals surface area contributed by atoms with Crippen LogP contribution in [0.15, 0.2) is 23.4 Å². The first-order valence-corrected chi connectivity index (χ1v) is 4.02. The lowest BCUT2D eigenvalue weighted by molar-refractivity contribution is 0.481. The van der Waals surface area contributed by atoms with Crippen molar-refractivity contribution in [2.45, 2.75) is 4.90 Å². The van der Waals surface area contributed by atoms with Crippen molar-refractivity contribution in [2.24, 2.45) is 0 Å². The fourth-order valence-electron chi connectivity index (χ4n) is 0.533. The SMILES string of the molecule is O=S(=O)(O)c1cncc(F)c1. The van der Waals surface area contributed by atoms with Gasteiger partial charge in [0.25, 0.3) is 10.1 Å². The Hall–Kier alpha value is -1.01. The molecule has 1 aromatic heterocycles. The number of halogens is 1. The molecular formula is C5H4FNO3S. The van der Waals surface area contributed by atoms with E-state index in [1.807, 2.05) is 0 Å². The molecule has 11 heavy (non-hydrogen) atoms. The molecule has 4 nitrogen and oxygen atoms in total. The summed E-state index contributed by atoms with van der Waals surface area (Å²) in [4.78, 5) is 2.69. The molecule has 0 fully saturated rings. The van der Waals surface area contributed by atoms with Crippen LogP contribution in [0.5, 0.6) is 0 Å². The maximum atomic E-state index is 12.3. The van der Waals surface area contributed by atoms with Crippen molar-refractivity contribution in [3.8, 4) is 0 Å². The Balaban J connectivity index is 3.28. The molecule has 0 aliphatic heterocycles. The van der Waals surface area contributed by atoms with Crippen LogP contribution in [0.3, 0.4) is 0 Å². The highest BCUT2D eigenvalue weighted by atomic mass is 32.2. The summed E-state index contributed by atoms with van der Waals surface area (Å²) in [7, 11) is -4.33. The van der Waals surface area contributed by atoms with Gasteiger partial charge in [-0.05, 0) is 6.07 Å². The Labute approximate surface area is 62.4 Å². The van der Waals surface area contributed by atoms with Gasteiger partial charge in [0.2, 0.25) is 0 Å². The Morgan fingerprint density at radius 1 is 1.45 bits per heavy atom. The van der Waals surface area contributed by atoms with Crippen LogP contribution in [0.1, 0.15) is 0 Å². The second-order valence-corrected chi connectivity index (χ2v) is 3.24. The highest BCUT2D eigenvalue weighted by molar-refractivity contribution is 7.85. The lowest BCUT2D eigenvalue weighted by atomic mass is 10.5. The van der Waals surface area contributed by atoms with Gasteiger partial charge in [0, 0.05) is 6.20 Å². The van der Waals surface area contributed by atoms with Crippen LogP contribution in [-0.2, 0) is 10.1 Å². The third kappa shape index (κ3) is 1.95. The zero-order chi connectivity index (χ0) is 8.48. The fourth-order valence-corrected chi connectivity index (χ4v) is 0.989. The van der Waals surface area contributed by atoms with Gasteiger partial charge in [-0.3, -0.25) is 9.54 Å². The molecule has 0 radical (unpaired) electrons. The molecule has 0 aliphatic carbocycles. The van der Waals surface area contributed by atoms with Gasteiger partial charge in [0.1, 0.15) is 10.7 Å². The minimum Gasteiger partial charge on any atom is -0.282 e. The molecule has 0 aromatic carbocycles. The number of rotatable bonds is 1. The zero-order valence-corrected chi connectivity index (χ0v) is 6.05. The van der Waals surface area contributed by atoms with E-state index in [1.165, 1.54) is 0 Å². The predicted molar refractivity (Wildman–Crippen MR) is 34.0 cm³/mol. The van der Waals surface area contributed by atoms with Crippen LogP contribution in [0, 0.1) is 5.82 Å². The van der Waals surface area contributed by atoms with Crippen molar-refractivity contribution in [1.29, 1.82) is 0 Å². The molecule has 1 rings (SSSR count). The molecule has 0 bridgehead atoms. The standard InChI is InChI=1S/C5H4FNO3S/c6-4-1-5(3-7-2-4)11(8,9)10/h1-3H,(H,8,9,10). The number of aromatic nitrogens is 1. The lowest BCUT2D eigenvalue weighted by Crippen LogP contribution is -1.98. The highest BCUT2D eigenvalue weighted by Crippen LogP contribution is 2.06. The van der Waals surface area contributed by atoms with Gasteiger partial charge >= 0.3 is 0 Å². The maximum absolute atomic E-state index is 12.3. The molecule has 0 saturated carbocycles. The van der Waals surface area contributed by atoms with Crippen molar-refractivity contribution in [1.82, 2.24) is 4.98 Å². The molecule has 0 spiro atoms. The largest absolute Gasteiger partial charge is 0.296 e. The second-order valence-electron chi connectivity index (χ2n) is 1.81. The van der Waals surface area contributed by atoms with Crippen LogP contribution >= 0.6 is 0 Å². The van der Waals surface area contributed by atoms with Gasteiger partial charge in [0.15, 0.2) is 0 Å². The van der Waals surface area contributed by atoms with Crippen molar-refractivity contribution in [2.75, 3.05) is 0 Å². The van der Waals surface area contributed by atoms with Crippen molar-refractivity contribution in [3.05, 3.63) is 24.3 Å². The zero-order valence-electron chi connectivity index (χ0n) is 5.23. The van der Waals surface area contributed by atoms with Gasteiger partial charge in [-0.15, -0.1) is 0 Å². The number of nitrogens with zero attached hydrogens (tertiary/aromatic N) is 1. The number of hydrogen-bond acceptors (Lipinski definition) is 3. The smallest absolute Gasteiger partial charge is 0.282 e. The maximum Gasteiger partial charge on any atom is 0.296 e. The van der Waals surface area contributed by atoms with Crippen LogP contribution in [-0.4, -0.2) is 18.0 Å².